The number of aliphatic hydroxyl groups excluding tert-OH is 1. The number of carbonyl (C=O) groups excluding carboxylic acids is 2. The van der Waals surface area contributed by atoms with Crippen LogP contribution in [0.25, 0.3) is 5.76 Å². The van der Waals surface area contributed by atoms with E-state index in [9.17, 15) is 14.7 Å². The normalized spacial score (nSPS) is 16.7. The van der Waals surface area contributed by atoms with E-state index in [-0.39, 0.29) is 16.5 Å². The van der Waals surface area contributed by atoms with Crippen molar-refractivity contribution in [2.45, 2.75) is 30.0 Å². The monoisotopic (exact) mass is 659 g/mol. The summed E-state index contributed by atoms with van der Waals surface area (Å²) >= 11 is 18.3. The van der Waals surface area contributed by atoms with E-state index in [1.165, 1.54) is 28.0 Å². The predicted octanol–water partition coefficient (Wildman–Crippen LogP) is 8.14. The van der Waals surface area contributed by atoms with Crippen LogP contribution in [0, 0.1) is 13.8 Å². The maximum atomic E-state index is 13.4. The SMILES string of the molecule is Cc1ccc(C)c(/C(O)=C2\C(=O)C(=O)N(c3nnc(SCc4ccc(Cl)cc4Cl)s3)C2c2ccc(Br)cc2)c1. The summed E-state index contributed by atoms with van der Waals surface area (Å²) in [4.78, 5) is 28.2. The highest BCUT2D eigenvalue weighted by Gasteiger charge is 2.48. The van der Waals surface area contributed by atoms with Gasteiger partial charge in [0.15, 0.2) is 4.34 Å². The lowest BCUT2D eigenvalue weighted by molar-refractivity contribution is -0.132. The lowest BCUT2D eigenvalue weighted by Crippen LogP contribution is -2.29. The number of halogens is 3. The molecule has 1 N–H and O–H groups in total. The molecule has 0 saturated carbocycles. The molecular formula is C28H20BrCl2N3O3S2. The smallest absolute Gasteiger partial charge is 0.301 e. The minimum absolute atomic E-state index is 0.00775. The van der Waals surface area contributed by atoms with E-state index in [1.54, 1.807) is 18.2 Å². The molecule has 3 aromatic carbocycles. The summed E-state index contributed by atoms with van der Waals surface area (Å²) in [7, 11) is 0. The number of aryl methyl sites for hydroxylation is 2. The number of rotatable bonds is 6. The average molecular weight is 661 g/mol. The highest BCUT2D eigenvalue weighted by Crippen LogP contribution is 2.44. The Balaban J connectivity index is 1.55. The van der Waals surface area contributed by atoms with Crippen LogP contribution < -0.4 is 4.90 Å². The van der Waals surface area contributed by atoms with Crippen molar-refractivity contribution in [2.75, 3.05) is 4.90 Å². The number of carbonyl (C=O) groups is 2. The van der Waals surface area contributed by atoms with Gasteiger partial charge in [-0.2, -0.15) is 0 Å². The number of hydrogen-bond donors (Lipinski definition) is 1. The number of hydrogen-bond acceptors (Lipinski definition) is 7. The number of ketones is 1. The third kappa shape index (κ3) is 5.64. The molecule has 1 amide bonds. The Morgan fingerprint density at radius 3 is 2.51 bits per heavy atom. The van der Waals surface area contributed by atoms with Crippen molar-refractivity contribution in [3.05, 3.63) is 109 Å². The number of Topliss-reactive ketones (excluding diaryl/α,β-unsaturated/α-hetero) is 1. The van der Waals surface area contributed by atoms with Gasteiger partial charge in [0, 0.05) is 25.8 Å². The van der Waals surface area contributed by atoms with Crippen molar-refractivity contribution in [1.29, 1.82) is 0 Å². The topological polar surface area (TPSA) is 83.4 Å². The van der Waals surface area contributed by atoms with Crippen LogP contribution in [0.5, 0.6) is 0 Å². The first kappa shape index (κ1) is 27.9. The van der Waals surface area contributed by atoms with E-state index in [0.29, 0.717) is 31.3 Å². The third-order valence-electron chi connectivity index (χ3n) is 6.25. The first-order valence-corrected chi connectivity index (χ1v) is 15.0. The van der Waals surface area contributed by atoms with Crippen molar-refractivity contribution >= 4 is 84.8 Å². The molecule has 0 radical (unpaired) electrons. The van der Waals surface area contributed by atoms with Crippen molar-refractivity contribution in [3.63, 3.8) is 0 Å². The first-order valence-electron chi connectivity index (χ1n) is 11.7. The number of aromatic nitrogens is 2. The second-order valence-electron chi connectivity index (χ2n) is 8.91. The summed E-state index contributed by atoms with van der Waals surface area (Å²) in [5, 5.41) is 21.3. The minimum atomic E-state index is -0.880. The Morgan fingerprint density at radius 2 is 1.79 bits per heavy atom. The summed E-state index contributed by atoms with van der Waals surface area (Å²) in [5.74, 6) is -1.25. The Kier molecular flexibility index (Phi) is 8.16. The van der Waals surface area contributed by atoms with E-state index in [4.69, 9.17) is 23.2 Å². The van der Waals surface area contributed by atoms with Gasteiger partial charge in [0.1, 0.15) is 5.76 Å². The highest BCUT2D eigenvalue weighted by molar-refractivity contribution is 9.10. The lowest BCUT2D eigenvalue weighted by Gasteiger charge is -2.22. The van der Waals surface area contributed by atoms with Gasteiger partial charge in [-0.05, 0) is 60.9 Å². The van der Waals surface area contributed by atoms with Crippen LogP contribution in [-0.4, -0.2) is 27.0 Å². The lowest BCUT2D eigenvalue weighted by atomic mass is 9.93. The van der Waals surface area contributed by atoms with Crippen LogP contribution in [0.1, 0.15) is 33.9 Å². The number of amides is 1. The second-order valence-corrected chi connectivity index (χ2v) is 12.9. The zero-order valence-electron chi connectivity index (χ0n) is 20.6. The first-order chi connectivity index (χ1) is 18.6. The van der Waals surface area contributed by atoms with Crippen LogP contribution in [0.15, 0.2) is 75.0 Å². The fourth-order valence-corrected chi connectivity index (χ4v) is 6.95. The molecule has 6 nitrogen and oxygen atoms in total. The summed E-state index contributed by atoms with van der Waals surface area (Å²) in [6.45, 7) is 3.75. The number of anilines is 1. The Hall–Kier alpha value is -2.69. The van der Waals surface area contributed by atoms with Gasteiger partial charge < -0.3 is 5.11 Å². The summed E-state index contributed by atoms with van der Waals surface area (Å²) in [6.07, 6.45) is 0. The van der Waals surface area contributed by atoms with E-state index >= 15 is 0 Å². The third-order valence-corrected chi connectivity index (χ3v) is 9.47. The van der Waals surface area contributed by atoms with Gasteiger partial charge in [-0.1, -0.05) is 98.1 Å². The molecule has 39 heavy (non-hydrogen) atoms. The summed E-state index contributed by atoms with van der Waals surface area (Å²) < 4.78 is 1.44. The Labute approximate surface area is 251 Å². The molecule has 1 unspecified atom stereocenters. The largest absolute Gasteiger partial charge is 0.507 e. The van der Waals surface area contributed by atoms with Crippen LogP contribution in [0.3, 0.4) is 0 Å². The number of benzene rings is 3. The van der Waals surface area contributed by atoms with Gasteiger partial charge in [0.05, 0.1) is 11.6 Å². The molecule has 4 aromatic rings. The maximum Gasteiger partial charge on any atom is 0.301 e. The fraction of sp³-hybridized carbons (Fsp3) is 0.143. The molecule has 198 valence electrons. The quantitative estimate of drug-likeness (QED) is 0.0739. The zero-order valence-corrected chi connectivity index (χ0v) is 25.3. The highest BCUT2D eigenvalue weighted by atomic mass is 79.9. The van der Waals surface area contributed by atoms with Crippen LogP contribution >= 0.6 is 62.2 Å². The van der Waals surface area contributed by atoms with Gasteiger partial charge in [0.25, 0.3) is 5.78 Å². The number of nitrogens with zero attached hydrogens (tertiary/aromatic N) is 3. The number of thioether (sulfide) groups is 1. The Bertz CT molecular complexity index is 1640. The van der Waals surface area contributed by atoms with E-state index in [0.717, 1.165) is 21.2 Å². The molecular weight excluding hydrogens is 641 g/mol. The van der Waals surface area contributed by atoms with E-state index in [1.807, 2.05) is 56.3 Å². The van der Waals surface area contributed by atoms with E-state index < -0.39 is 17.7 Å². The molecule has 1 atom stereocenters. The van der Waals surface area contributed by atoms with Crippen LogP contribution in [0.4, 0.5) is 5.13 Å². The average Bonchev–Trinajstić information content (AvgIpc) is 3.47. The predicted molar refractivity (Wildman–Crippen MR) is 161 cm³/mol. The van der Waals surface area contributed by atoms with Gasteiger partial charge in [0.2, 0.25) is 5.13 Å². The molecule has 2 heterocycles. The van der Waals surface area contributed by atoms with Crippen molar-refractivity contribution in [2.24, 2.45) is 0 Å². The van der Waals surface area contributed by atoms with E-state index in [2.05, 4.69) is 26.1 Å². The Morgan fingerprint density at radius 1 is 1.05 bits per heavy atom. The fourth-order valence-electron chi connectivity index (χ4n) is 4.26. The molecule has 0 bridgehead atoms. The van der Waals surface area contributed by atoms with Crippen LogP contribution in [0.2, 0.25) is 10.0 Å². The standard InChI is InChI=1S/C28H20BrCl2N3O3S2/c1-14-3-4-15(2)20(11-14)24(35)22-23(16-5-8-18(29)9-6-16)34(26(37)25(22)36)27-32-33-28(39-27)38-13-17-7-10-19(30)12-21(17)31/h3-12,23,35H,13H2,1-2H3/b24-22+. The van der Waals surface area contributed by atoms with Gasteiger partial charge in [-0.3, -0.25) is 14.5 Å². The minimum Gasteiger partial charge on any atom is -0.507 e. The molecule has 5 rings (SSSR count). The van der Waals surface area contributed by atoms with Crippen LogP contribution in [-0.2, 0) is 15.3 Å². The zero-order chi connectivity index (χ0) is 27.8. The molecule has 1 saturated heterocycles. The molecule has 1 fully saturated rings. The van der Waals surface area contributed by atoms with Crippen molar-refractivity contribution < 1.29 is 14.7 Å². The molecule has 1 aliphatic heterocycles. The maximum absolute atomic E-state index is 13.4. The summed E-state index contributed by atoms with van der Waals surface area (Å²) in [6, 6.07) is 17.3. The summed E-state index contributed by atoms with van der Waals surface area (Å²) in [5.41, 5.74) is 3.75. The molecule has 0 aliphatic carbocycles. The van der Waals surface area contributed by atoms with Gasteiger partial charge in [-0.25, -0.2) is 0 Å². The van der Waals surface area contributed by atoms with Crippen molar-refractivity contribution in [3.8, 4) is 0 Å². The van der Waals surface area contributed by atoms with Gasteiger partial charge >= 0.3 is 5.91 Å². The molecule has 11 heteroatoms. The molecule has 0 spiro atoms. The molecule has 1 aromatic heterocycles. The van der Waals surface area contributed by atoms with Gasteiger partial charge in [-0.15, -0.1) is 10.2 Å². The van der Waals surface area contributed by atoms with Crippen molar-refractivity contribution in [1.82, 2.24) is 10.2 Å². The number of aliphatic hydroxyl groups is 1. The second kappa shape index (κ2) is 11.4. The molecule has 1 aliphatic rings.